The number of hydrogen-bond donors (Lipinski definition) is 1. The Labute approximate surface area is 110 Å². The van der Waals surface area contributed by atoms with Gasteiger partial charge in [-0.25, -0.2) is 4.98 Å². The predicted octanol–water partition coefficient (Wildman–Crippen LogP) is 2.32. The van der Waals surface area contributed by atoms with Gasteiger partial charge in [0.05, 0.1) is 5.69 Å². The van der Waals surface area contributed by atoms with Crippen LogP contribution in [0.2, 0.25) is 0 Å². The molecule has 1 N–H and O–H groups in total. The molecule has 0 radical (unpaired) electrons. The summed E-state index contributed by atoms with van der Waals surface area (Å²) in [7, 11) is 0. The van der Waals surface area contributed by atoms with Crippen LogP contribution in [0.4, 0.5) is 5.82 Å². The van der Waals surface area contributed by atoms with E-state index in [-0.39, 0.29) is 0 Å². The lowest BCUT2D eigenvalue weighted by molar-refractivity contribution is 0.571. The van der Waals surface area contributed by atoms with Gasteiger partial charge in [0.2, 0.25) is 0 Å². The van der Waals surface area contributed by atoms with Crippen LogP contribution < -0.4 is 10.2 Å². The minimum atomic E-state index is 0.534. The van der Waals surface area contributed by atoms with Gasteiger partial charge in [0.15, 0.2) is 0 Å². The topological polar surface area (TPSA) is 28.2 Å². The molecule has 2 aliphatic rings. The monoisotopic (exact) mass is 245 g/mol. The fraction of sp³-hybridized carbons (Fsp3) is 0.667. The van der Waals surface area contributed by atoms with Gasteiger partial charge in [-0.05, 0) is 43.9 Å². The zero-order valence-corrected chi connectivity index (χ0v) is 11.3. The van der Waals surface area contributed by atoms with E-state index in [2.05, 4.69) is 29.3 Å². The van der Waals surface area contributed by atoms with E-state index >= 15 is 0 Å². The van der Waals surface area contributed by atoms with Gasteiger partial charge in [-0.3, -0.25) is 0 Å². The lowest BCUT2D eigenvalue weighted by Gasteiger charge is -2.28. The Morgan fingerprint density at radius 1 is 1.22 bits per heavy atom. The SMILES string of the molecule is C[C@@H]1CNCCc2ccc(N3CCCCC3)nc21. The van der Waals surface area contributed by atoms with Crippen molar-refractivity contribution in [1.29, 1.82) is 0 Å². The highest BCUT2D eigenvalue weighted by molar-refractivity contribution is 5.43. The van der Waals surface area contributed by atoms with Crippen LogP contribution in [0, 0.1) is 0 Å². The van der Waals surface area contributed by atoms with Crippen molar-refractivity contribution in [2.24, 2.45) is 0 Å². The Morgan fingerprint density at radius 2 is 2.06 bits per heavy atom. The molecule has 1 atom stereocenters. The van der Waals surface area contributed by atoms with Gasteiger partial charge in [0.1, 0.15) is 5.82 Å². The molecule has 0 saturated carbocycles. The number of aromatic nitrogens is 1. The lowest BCUT2D eigenvalue weighted by Crippen LogP contribution is -2.30. The predicted molar refractivity (Wildman–Crippen MR) is 75.3 cm³/mol. The molecule has 18 heavy (non-hydrogen) atoms. The van der Waals surface area contributed by atoms with Gasteiger partial charge < -0.3 is 10.2 Å². The van der Waals surface area contributed by atoms with Crippen molar-refractivity contribution in [3.63, 3.8) is 0 Å². The van der Waals surface area contributed by atoms with Crippen LogP contribution in [-0.2, 0) is 6.42 Å². The Kier molecular flexibility index (Phi) is 3.50. The third kappa shape index (κ3) is 2.37. The van der Waals surface area contributed by atoms with Gasteiger partial charge in [-0.2, -0.15) is 0 Å². The average molecular weight is 245 g/mol. The Hall–Kier alpha value is -1.09. The molecule has 3 heteroatoms. The first-order valence-corrected chi connectivity index (χ1v) is 7.30. The lowest BCUT2D eigenvalue weighted by atomic mass is 10.0. The summed E-state index contributed by atoms with van der Waals surface area (Å²) in [5.41, 5.74) is 2.76. The number of nitrogens with zero attached hydrogens (tertiary/aromatic N) is 2. The first-order chi connectivity index (χ1) is 8.84. The van der Waals surface area contributed by atoms with Crippen molar-refractivity contribution in [3.05, 3.63) is 23.4 Å². The van der Waals surface area contributed by atoms with Crippen molar-refractivity contribution in [2.45, 2.75) is 38.5 Å². The number of rotatable bonds is 1. The molecule has 0 bridgehead atoms. The summed E-state index contributed by atoms with van der Waals surface area (Å²) in [6.45, 7) is 6.78. The summed E-state index contributed by atoms with van der Waals surface area (Å²) in [4.78, 5) is 7.42. The van der Waals surface area contributed by atoms with Crippen LogP contribution in [0.25, 0.3) is 0 Å². The smallest absolute Gasteiger partial charge is 0.128 e. The maximum Gasteiger partial charge on any atom is 0.128 e. The van der Waals surface area contributed by atoms with E-state index in [0.717, 1.165) is 19.5 Å². The van der Waals surface area contributed by atoms with E-state index in [4.69, 9.17) is 4.98 Å². The van der Waals surface area contributed by atoms with E-state index in [1.165, 1.54) is 49.4 Å². The summed E-state index contributed by atoms with van der Waals surface area (Å²) >= 11 is 0. The second-order valence-electron chi connectivity index (χ2n) is 5.62. The molecule has 3 nitrogen and oxygen atoms in total. The molecular formula is C15H23N3. The molecule has 1 aromatic heterocycles. The summed E-state index contributed by atoms with van der Waals surface area (Å²) < 4.78 is 0. The first kappa shape index (κ1) is 12.0. The third-order valence-electron chi connectivity index (χ3n) is 4.17. The number of hydrogen-bond acceptors (Lipinski definition) is 3. The molecule has 0 aromatic carbocycles. The van der Waals surface area contributed by atoms with Crippen LogP contribution in [0.15, 0.2) is 12.1 Å². The maximum absolute atomic E-state index is 4.96. The normalized spacial score (nSPS) is 24.5. The van der Waals surface area contributed by atoms with Gasteiger partial charge in [0.25, 0.3) is 0 Å². The fourth-order valence-electron chi connectivity index (χ4n) is 3.07. The molecule has 0 aliphatic carbocycles. The summed E-state index contributed by atoms with van der Waals surface area (Å²) in [6, 6.07) is 4.53. The summed E-state index contributed by atoms with van der Waals surface area (Å²) in [5, 5.41) is 3.49. The quantitative estimate of drug-likeness (QED) is 0.823. The summed E-state index contributed by atoms with van der Waals surface area (Å²) in [6.07, 6.45) is 5.13. The minimum absolute atomic E-state index is 0.534. The molecule has 1 fully saturated rings. The van der Waals surface area contributed by atoms with Crippen molar-refractivity contribution >= 4 is 5.82 Å². The standard InChI is InChI=1S/C15H23N3/c1-12-11-16-8-7-13-5-6-14(17-15(12)13)18-9-3-2-4-10-18/h5-6,12,16H,2-4,7-11H2,1H3/t12-/m1/s1. The van der Waals surface area contributed by atoms with Gasteiger partial charge in [-0.1, -0.05) is 13.0 Å². The molecule has 1 aromatic rings. The average Bonchev–Trinajstić information content (AvgIpc) is 2.62. The molecule has 3 heterocycles. The molecule has 98 valence electrons. The Balaban J connectivity index is 1.88. The maximum atomic E-state index is 4.96. The molecule has 3 rings (SSSR count). The van der Waals surface area contributed by atoms with Crippen LogP contribution in [-0.4, -0.2) is 31.2 Å². The molecule has 2 aliphatic heterocycles. The largest absolute Gasteiger partial charge is 0.357 e. The number of pyridine rings is 1. The second-order valence-corrected chi connectivity index (χ2v) is 5.62. The van der Waals surface area contributed by atoms with Crippen LogP contribution >= 0.6 is 0 Å². The van der Waals surface area contributed by atoms with Crippen molar-refractivity contribution in [1.82, 2.24) is 10.3 Å². The second kappa shape index (κ2) is 5.27. The van der Waals surface area contributed by atoms with E-state index in [1.807, 2.05) is 0 Å². The molecule has 0 spiro atoms. The highest BCUT2D eigenvalue weighted by atomic mass is 15.2. The van der Waals surface area contributed by atoms with E-state index < -0.39 is 0 Å². The third-order valence-corrected chi connectivity index (χ3v) is 4.17. The van der Waals surface area contributed by atoms with Crippen molar-refractivity contribution in [2.75, 3.05) is 31.1 Å². The number of anilines is 1. The van der Waals surface area contributed by atoms with E-state index in [1.54, 1.807) is 0 Å². The van der Waals surface area contributed by atoms with E-state index in [0.29, 0.717) is 5.92 Å². The summed E-state index contributed by atoms with van der Waals surface area (Å²) in [5.74, 6) is 1.73. The fourth-order valence-corrected chi connectivity index (χ4v) is 3.07. The van der Waals surface area contributed by atoms with Gasteiger partial charge in [-0.15, -0.1) is 0 Å². The van der Waals surface area contributed by atoms with Crippen LogP contribution in [0.3, 0.4) is 0 Å². The Morgan fingerprint density at radius 3 is 2.89 bits per heavy atom. The van der Waals surface area contributed by atoms with Crippen LogP contribution in [0.5, 0.6) is 0 Å². The molecular weight excluding hydrogens is 222 g/mol. The highest BCUT2D eigenvalue weighted by Crippen LogP contribution is 2.25. The molecule has 0 amide bonds. The number of nitrogens with one attached hydrogen (secondary N) is 1. The van der Waals surface area contributed by atoms with Gasteiger partial charge in [0, 0.05) is 25.6 Å². The molecule has 1 saturated heterocycles. The van der Waals surface area contributed by atoms with Gasteiger partial charge >= 0.3 is 0 Å². The Bertz CT molecular complexity index is 410. The zero-order valence-electron chi connectivity index (χ0n) is 11.3. The van der Waals surface area contributed by atoms with Crippen molar-refractivity contribution in [3.8, 4) is 0 Å². The highest BCUT2D eigenvalue weighted by Gasteiger charge is 2.19. The molecule has 0 unspecified atom stereocenters. The van der Waals surface area contributed by atoms with E-state index in [9.17, 15) is 0 Å². The number of fused-ring (bicyclic) bond motifs is 1. The van der Waals surface area contributed by atoms with Crippen molar-refractivity contribution < 1.29 is 0 Å². The first-order valence-electron chi connectivity index (χ1n) is 7.30. The number of piperidine rings is 1. The minimum Gasteiger partial charge on any atom is -0.357 e. The van der Waals surface area contributed by atoms with Crippen LogP contribution in [0.1, 0.15) is 43.4 Å². The zero-order chi connectivity index (χ0) is 12.4.